The molecule has 0 atom stereocenters. The molecule has 0 aliphatic rings. The summed E-state index contributed by atoms with van der Waals surface area (Å²) in [4.78, 5) is 0. The zero-order valence-electron chi connectivity index (χ0n) is 37.8. The first kappa shape index (κ1) is 42.7. The number of halogens is 8. The molecule has 4 heterocycles. The van der Waals surface area contributed by atoms with Crippen LogP contribution in [0.4, 0.5) is 35.1 Å². The summed E-state index contributed by atoms with van der Waals surface area (Å²) in [5, 5.41) is 6.22. The first-order valence-electron chi connectivity index (χ1n) is 23.3. The van der Waals surface area contributed by atoms with E-state index in [2.05, 4.69) is 9.13 Å². The second-order valence-corrected chi connectivity index (χ2v) is 18.2. The molecule has 0 bridgehead atoms. The third-order valence-corrected chi connectivity index (χ3v) is 14.4. The van der Waals surface area contributed by atoms with Crippen LogP contribution in [-0.4, -0.2) is 18.3 Å². The summed E-state index contributed by atoms with van der Waals surface area (Å²) in [6, 6.07) is 57.5. The van der Waals surface area contributed by atoms with Gasteiger partial charge in [-0.15, -0.1) is 0 Å². The van der Waals surface area contributed by atoms with E-state index in [9.17, 15) is 4.39 Å². The van der Waals surface area contributed by atoms with Crippen molar-refractivity contribution in [3.63, 3.8) is 0 Å². The maximum atomic E-state index is 16.6. The summed E-state index contributed by atoms with van der Waals surface area (Å²) in [7, 11) is 0. The zero-order valence-corrected chi connectivity index (χ0v) is 37.8. The summed E-state index contributed by atoms with van der Waals surface area (Å²) in [6.45, 7) is 0. The van der Waals surface area contributed by atoms with E-state index in [-0.39, 0.29) is 0 Å². The predicted molar refractivity (Wildman–Crippen MR) is 274 cm³/mol. The number of hydrogen-bond acceptors (Lipinski definition) is 0. The van der Waals surface area contributed by atoms with Gasteiger partial charge in [-0.25, -0.2) is 22.0 Å². The molecule has 73 heavy (non-hydrogen) atoms. The number of rotatable bonds is 5. The number of hydrogen-bond donors (Lipinski definition) is 0. The number of nitrogens with zero attached hydrogens (tertiary/aromatic N) is 4. The minimum absolute atomic E-state index is 0.293. The van der Waals surface area contributed by atoms with E-state index in [0.717, 1.165) is 55.7 Å². The van der Waals surface area contributed by atoms with Gasteiger partial charge in [-0.05, 0) is 84.9 Å². The Labute approximate surface area is 408 Å². The molecular weight excluding hydrogens is 941 g/mol. The molecule has 0 unspecified atom stereocenters. The summed E-state index contributed by atoms with van der Waals surface area (Å²) >= 11 is 0. The molecule has 0 saturated carbocycles. The number of aromatic nitrogens is 4. The Morgan fingerprint density at radius 1 is 0.274 bits per heavy atom. The lowest BCUT2D eigenvalue weighted by atomic mass is 9.97. The van der Waals surface area contributed by atoms with E-state index in [1.807, 2.05) is 109 Å². The highest BCUT2D eigenvalue weighted by molar-refractivity contribution is 6.14. The first-order chi connectivity index (χ1) is 35.5. The standard InChI is InChI=1S/C61H32F8N4/c62-56-55(57(63)59(65)60(66)58(56)64)43-31-54(73-50-24-12-6-18-40(50)42-30-34(26-28-52(42)73)71-47-21-9-3-15-37(47)38-16-4-10-22-48(38)71)44(61(67,68)69)32-53(43)72-49-23-11-5-17-39(49)41-29-33(25-27-51(41)72)70-45-19-7-1-13-35(45)36-14-2-8-20-46(36)70/h1-32H. The summed E-state index contributed by atoms with van der Waals surface area (Å²) in [5.41, 5.74) is 1.92. The van der Waals surface area contributed by atoms with E-state index in [4.69, 9.17) is 0 Å². The maximum Gasteiger partial charge on any atom is 0.418 e. The highest BCUT2D eigenvalue weighted by Crippen LogP contribution is 2.47. The van der Waals surface area contributed by atoms with Gasteiger partial charge in [-0.1, -0.05) is 109 Å². The van der Waals surface area contributed by atoms with Crippen molar-refractivity contribution in [3.8, 4) is 33.9 Å². The zero-order chi connectivity index (χ0) is 49.6. The van der Waals surface area contributed by atoms with Crippen LogP contribution >= 0.6 is 0 Å². The molecule has 352 valence electrons. The summed E-state index contributed by atoms with van der Waals surface area (Å²) in [6.07, 6.45) is -5.14. The molecule has 14 aromatic rings. The molecule has 14 rings (SSSR count). The smallest absolute Gasteiger partial charge is 0.309 e. The predicted octanol–water partition coefficient (Wildman–Crippen LogP) is 17.5. The Hall–Kier alpha value is -9.16. The van der Waals surface area contributed by atoms with Gasteiger partial charge in [0.15, 0.2) is 23.3 Å². The Kier molecular flexibility index (Phi) is 9.02. The van der Waals surface area contributed by atoms with Crippen molar-refractivity contribution in [3.05, 3.63) is 229 Å². The van der Waals surface area contributed by atoms with Crippen LogP contribution in [0.15, 0.2) is 194 Å². The topological polar surface area (TPSA) is 19.7 Å². The van der Waals surface area contributed by atoms with Crippen molar-refractivity contribution in [2.45, 2.75) is 6.18 Å². The van der Waals surface area contributed by atoms with Gasteiger partial charge in [0.2, 0.25) is 5.82 Å². The van der Waals surface area contributed by atoms with Gasteiger partial charge < -0.3 is 18.3 Å². The third kappa shape index (κ3) is 6.00. The van der Waals surface area contributed by atoms with E-state index in [0.29, 0.717) is 55.0 Å². The molecule has 4 aromatic heterocycles. The quantitative estimate of drug-likeness (QED) is 0.0930. The third-order valence-electron chi connectivity index (χ3n) is 14.4. The molecule has 0 radical (unpaired) electrons. The highest BCUT2D eigenvalue weighted by atomic mass is 19.4. The van der Waals surface area contributed by atoms with Crippen molar-refractivity contribution in [1.29, 1.82) is 0 Å². The maximum absolute atomic E-state index is 16.6. The van der Waals surface area contributed by atoms with Crippen molar-refractivity contribution < 1.29 is 35.1 Å². The van der Waals surface area contributed by atoms with E-state index >= 15 is 30.7 Å². The average molecular weight is 973 g/mol. The molecule has 4 nitrogen and oxygen atoms in total. The number of para-hydroxylation sites is 6. The van der Waals surface area contributed by atoms with Crippen LogP contribution in [0.2, 0.25) is 0 Å². The lowest BCUT2D eigenvalue weighted by Gasteiger charge is -2.22. The fourth-order valence-corrected chi connectivity index (χ4v) is 11.3. The van der Waals surface area contributed by atoms with Crippen LogP contribution < -0.4 is 0 Å². The molecule has 0 aliphatic heterocycles. The van der Waals surface area contributed by atoms with Crippen LogP contribution in [0.5, 0.6) is 0 Å². The van der Waals surface area contributed by atoms with Crippen LogP contribution in [0.25, 0.3) is 121 Å². The second kappa shape index (κ2) is 15.4. The van der Waals surface area contributed by atoms with Crippen molar-refractivity contribution in [1.82, 2.24) is 18.3 Å². The Morgan fingerprint density at radius 3 is 0.945 bits per heavy atom. The monoisotopic (exact) mass is 972 g/mol. The van der Waals surface area contributed by atoms with Crippen molar-refractivity contribution in [2.24, 2.45) is 0 Å². The average Bonchev–Trinajstić information content (AvgIpc) is 4.14. The molecule has 10 aromatic carbocycles. The molecule has 0 fully saturated rings. The first-order valence-corrected chi connectivity index (χ1v) is 23.3. The minimum Gasteiger partial charge on any atom is -0.309 e. The fraction of sp³-hybridized carbons (Fsp3) is 0.0164. The largest absolute Gasteiger partial charge is 0.418 e. The molecule has 0 saturated heterocycles. The van der Waals surface area contributed by atoms with Gasteiger partial charge >= 0.3 is 6.18 Å². The molecule has 0 N–H and O–H groups in total. The SMILES string of the molecule is Fc1c(F)c(F)c(-c2cc(-n3c4ccccc4c4cc(-n5c6ccccc6c6ccccc65)ccc43)c(C(F)(F)F)cc2-n2c3ccccc3c3cc(-n4c5ccccc5c5ccccc54)ccc32)c(F)c1F. The van der Waals surface area contributed by atoms with E-state index in [1.54, 1.807) is 72.8 Å². The summed E-state index contributed by atoms with van der Waals surface area (Å²) < 4.78 is 135. The van der Waals surface area contributed by atoms with Crippen molar-refractivity contribution >= 4 is 87.2 Å². The van der Waals surface area contributed by atoms with Gasteiger partial charge in [0.05, 0.1) is 66.6 Å². The Bertz CT molecular complexity index is 4550. The lowest BCUT2D eigenvalue weighted by Crippen LogP contribution is -2.14. The van der Waals surface area contributed by atoms with Crippen molar-refractivity contribution in [2.75, 3.05) is 0 Å². The lowest BCUT2D eigenvalue weighted by molar-refractivity contribution is -0.137. The molecule has 12 heteroatoms. The van der Waals surface area contributed by atoms with Gasteiger partial charge in [-0.3, -0.25) is 0 Å². The molecule has 0 aliphatic carbocycles. The highest BCUT2D eigenvalue weighted by Gasteiger charge is 2.38. The van der Waals surface area contributed by atoms with E-state index < -0.39 is 63.3 Å². The normalized spacial score (nSPS) is 12.4. The minimum atomic E-state index is -5.14. The summed E-state index contributed by atoms with van der Waals surface area (Å²) in [5.74, 6) is -11.3. The van der Waals surface area contributed by atoms with Gasteiger partial charge in [0.25, 0.3) is 0 Å². The fourth-order valence-electron chi connectivity index (χ4n) is 11.3. The number of benzene rings is 10. The van der Waals surface area contributed by atoms with Gasteiger partial charge in [0.1, 0.15) is 0 Å². The van der Waals surface area contributed by atoms with Crippen LogP contribution in [0.1, 0.15) is 5.56 Å². The van der Waals surface area contributed by atoms with Crippen LogP contribution in [0, 0.1) is 29.1 Å². The van der Waals surface area contributed by atoms with Crippen LogP contribution in [0.3, 0.4) is 0 Å². The molecular formula is C61H32F8N4. The number of fused-ring (bicyclic) bond motifs is 12. The molecule has 0 spiro atoms. The second-order valence-electron chi connectivity index (χ2n) is 18.2. The van der Waals surface area contributed by atoms with Crippen LogP contribution in [-0.2, 0) is 6.18 Å². The Morgan fingerprint density at radius 2 is 0.575 bits per heavy atom. The van der Waals surface area contributed by atoms with Gasteiger partial charge in [-0.2, -0.15) is 13.2 Å². The number of alkyl halides is 3. The van der Waals surface area contributed by atoms with E-state index in [1.165, 1.54) is 9.13 Å². The van der Waals surface area contributed by atoms with Gasteiger partial charge in [0, 0.05) is 60.0 Å². The molecule has 0 amide bonds. The Balaban J connectivity index is 1.07.